The first-order valence-corrected chi connectivity index (χ1v) is 6.24. The van der Waals surface area contributed by atoms with Gasteiger partial charge in [-0.3, -0.25) is 0 Å². The molecule has 4 nitrogen and oxygen atoms in total. The normalized spacial score (nSPS) is 10.5. The van der Waals surface area contributed by atoms with E-state index in [4.69, 9.17) is 23.2 Å². The highest BCUT2D eigenvalue weighted by atomic mass is 35.5. The molecule has 0 aromatic heterocycles. The second-order valence-electron chi connectivity index (χ2n) is 3.42. The van der Waals surface area contributed by atoms with Crippen molar-refractivity contribution in [3.8, 4) is 0 Å². The number of esters is 2. The summed E-state index contributed by atoms with van der Waals surface area (Å²) in [5.74, 6) is -1.22. The number of hydrogen-bond donors (Lipinski definition) is 0. The minimum absolute atomic E-state index is 0.246. The van der Waals surface area contributed by atoms with Crippen LogP contribution >= 0.6 is 23.2 Å². The van der Waals surface area contributed by atoms with Crippen LogP contribution in [-0.2, 0) is 19.1 Å². The van der Waals surface area contributed by atoms with Crippen molar-refractivity contribution in [2.24, 2.45) is 0 Å². The number of halogens is 2. The maximum atomic E-state index is 11.3. The van der Waals surface area contributed by atoms with Crippen LogP contribution in [0.25, 0.3) is 6.08 Å². The summed E-state index contributed by atoms with van der Waals surface area (Å²) in [6.45, 7) is 1.51. The lowest BCUT2D eigenvalue weighted by Crippen LogP contribution is -2.15. The summed E-state index contributed by atoms with van der Waals surface area (Å²) in [6.07, 6.45) is 2.70. The van der Waals surface area contributed by atoms with Gasteiger partial charge in [-0.15, -0.1) is 0 Å². The van der Waals surface area contributed by atoms with Gasteiger partial charge in [0, 0.05) is 6.08 Å². The number of ether oxygens (including phenoxy) is 2. The Bertz CT molecular complexity index is 497. The molecule has 0 atom stereocenters. The van der Waals surface area contributed by atoms with Crippen molar-refractivity contribution < 1.29 is 19.1 Å². The van der Waals surface area contributed by atoms with Gasteiger partial charge >= 0.3 is 11.9 Å². The monoisotopic (exact) mass is 302 g/mol. The zero-order chi connectivity index (χ0) is 14.3. The minimum atomic E-state index is -0.640. The van der Waals surface area contributed by atoms with E-state index in [9.17, 15) is 9.59 Å². The topological polar surface area (TPSA) is 52.6 Å². The quantitative estimate of drug-likeness (QED) is 0.619. The SMILES string of the molecule is CCOC(=O)COC(=O)/C=C/c1ccc(Cl)c(Cl)c1. The van der Waals surface area contributed by atoms with Crippen LogP contribution in [0.2, 0.25) is 10.0 Å². The highest BCUT2D eigenvalue weighted by Gasteiger charge is 2.05. The van der Waals surface area contributed by atoms with Gasteiger partial charge in [0.05, 0.1) is 16.7 Å². The molecule has 0 aliphatic rings. The average molecular weight is 303 g/mol. The molecular formula is C13H12Cl2O4. The molecule has 0 saturated carbocycles. The molecule has 0 spiro atoms. The van der Waals surface area contributed by atoms with E-state index < -0.39 is 18.5 Å². The second-order valence-corrected chi connectivity index (χ2v) is 4.23. The first-order chi connectivity index (χ1) is 9.02. The van der Waals surface area contributed by atoms with Crippen molar-refractivity contribution in [2.45, 2.75) is 6.92 Å². The van der Waals surface area contributed by atoms with Crippen LogP contribution in [0, 0.1) is 0 Å². The molecule has 19 heavy (non-hydrogen) atoms. The van der Waals surface area contributed by atoms with E-state index in [1.807, 2.05) is 0 Å². The third kappa shape index (κ3) is 5.77. The number of hydrogen-bond acceptors (Lipinski definition) is 4. The molecule has 0 amide bonds. The lowest BCUT2D eigenvalue weighted by atomic mass is 10.2. The molecule has 0 radical (unpaired) electrons. The molecule has 0 aliphatic carbocycles. The molecule has 0 saturated heterocycles. The van der Waals surface area contributed by atoms with Crippen LogP contribution in [0.5, 0.6) is 0 Å². The highest BCUT2D eigenvalue weighted by Crippen LogP contribution is 2.23. The zero-order valence-corrected chi connectivity index (χ0v) is 11.7. The van der Waals surface area contributed by atoms with Crippen LogP contribution in [0.15, 0.2) is 24.3 Å². The van der Waals surface area contributed by atoms with Crippen molar-refractivity contribution in [3.05, 3.63) is 39.9 Å². The third-order valence-corrected chi connectivity index (χ3v) is 2.73. The van der Waals surface area contributed by atoms with Crippen molar-refractivity contribution in [1.29, 1.82) is 0 Å². The van der Waals surface area contributed by atoms with E-state index >= 15 is 0 Å². The van der Waals surface area contributed by atoms with Gasteiger partial charge in [0.1, 0.15) is 0 Å². The Morgan fingerprint density at radius 2 is 1.95 bits per heavy atom. The van der Waals surface area contributed by atoms with Gasteiger partial charge in [0.25, 0.3) is 0 Å². The van der Waals surface area contributed by atoms with Crippen molar-refractivity contribution in [2.75, 3.05) is 13.2 Å². The van der Waals surface area contributed by atoms with E-state index in [0.29, 0.717) is 15.6 Å². The molecule has 6 heteroatoms. The van der Waals surface area contributed by atoms with Gasteiger partial charge in [0.15, 0.2) is 6.61 Å². The van der Waals surface area contributed by atoms with Gasteiger partial charge in [-0.25, -0.2) is 9.59 Å². The molecule has 0 N–H and O–H groups in total. The first kappa shape index (κ1) is 15.5. The number of carbonyl (C=O) groups is 2. The Kier molecular flexibility index (Phi) is 6.39. The summed E-state index contributed by atoms with van der Waals surface area (Å²) in [6, 6.07) is 4.93. The van der Waals surface area contributed by atoms with Gasteiger partial charge in [-0.1, -0.05) is 29.3 Å². The molecule has 0 heterocycles. The maximum absolute atomic E-state index is 11.3. The van der Waals surface area contributed by atoms with Gasteiger partial charge in [-0.2, -0.15) is 0 Å². The predicted octanol–water partition coefficient (Wildman–Crippen LogP) is 3.11. The Balaban J connectivity index is 2.49. The smallest absolute Gasteiger partial charge is 0.344 e. The largest absolute Gasteiger partial charge is 0.463 e. The fraction of sp³-hybridized carbons (Fsp3) is 0.231. The fourth-order valence-electron chi connectivity index (χ4n) is 1.16. The van der Waals surface area contributed by atoms with Crippen molar-refractivity contribution >= 4 is 41.2 Å². The maximum Gasteiger partial charge on any atom is 0.344 e. The number of benzene rings is 1. The Morgan fingerprint density at radius 1 is 1.21 bits per heavy atom. The third-order valence-electron chi connectivity index (χ3n) is 1.99. The summed E-state index contributed by atoms with van der Waals surface area (Å²) in [7, 11) is 0. The molecule has 0 aliphatic heterocycles. The number of rotatable bonds is 5. The van der Waals surface area contributed by atoms with E-state index in [1.165, 1.54) is 12.2 Å². The molecule has 0 unspecified atom stereocenters. The molecule has 1 aromatic carbocycles. The molecular weight excluding hydrogens is 291 g/mol. The molecule has 102 valence electrons. The molecule has 1 aromatic rings. The highest BCUT2D eigenvalue weighted by molar-refractivity contribution is 6.42. The van der Waals surface area contributed by atoms with Gasteiger partial charge < -0.3 is 9.47 Å². The summed E-state index contributed by atoms with van der Waals surface area (Å²) in [5.41, 5.74) is 0.697. The van der Waals surface area contributed by atoms with Crippen LogP contribution in [-0.4, -0.2) is 25.2 Å². The Morgan fingerprint density at radius 3 is 2.58 bits per heavy atom. The van der Waals surface area contributed by atoms with Crippen molar-refractivity contribution in [1.82, 2.24) is 0 Å². The van der Waals surface area contributed by atoms with E-state index in [2.05, 4.69) is 9.47 Å². The predicted molar refractivity (Wildman–Crippen MR) is 73.1 cm³/mol. The summed E-state index contributed by atoms with van der Waals surface area (Å²) >= 11 is 11.6. The van der Waals surface area contributed by atoms with E-state index in [0.717, 1.165) is 0 Å². The average Bonchev–Trinajstić information content (AvgIpc) is 2.38. The van der Waals surface area contributed by atoms with Gasteiger partial charge in [0.2, 0.25) is 0 Å². The van der Waals surface area contributed by atoms with Gasteiger partial charge in [-0.05, 0) is 30.7 Å². The van der Waals surface area contributed by atoms with E-state index in [-0.39, 0.29) is 6.61 Å². The lowest BCUT2D eigenvalue weighted by Gasteiger charge is -2.01. The second kappa shape index (κ2) is 7.81. The van der Waals surface area contributed by atoms with Crippen LogP contribution in [0.4, 0.5) is 0 Å². The summed E-state index contributed by atoms with van der Waals surface area (Å²) in [5, 5.41) is 0.826. The summed E-state index contributed by atoms with van der Waals surface area (Å²) in [4.78, 5) is 22.2. The van der Waals surface area contributed by atoms with Crippen LogP contribution in [0.1, 0.15) is 12.5 Å². The Hall–Kier alpha value is -1.52. The lowest BCUT2D eigenvalue weighted by molar-refractivity contribution is -0.155. The van der Waals surface area contributed by atoms with E-state index in [1.54, 1.807) is 25.1 Å². The first-order valence-electron chi connectivity index (χ1n) is 5.48. The fourth-order valence-corrected chi connectivity index (χ4v) is 1.47. The Labute approximate surface area is 120 Å². The van der Waals surface area contributed by atoms with Crippen LogP contribution < -0.4 is 0 Å². The van der Waals surface area contributed by atoms with Crippen molar-refractivity contribution in [3.63, 3.8) is 0 Å². The summed E-state index contributed by atoms with van der Waals surface area (Å²) < 4.78 is 9.28. The number of carbonyl (C=O) groups excluding carboxylic acids is 2. The molecule has 1 rings (SSSR count). The molecule has 0 fully saturated rings. The van der Waals surface area contributed by atoms with Crippen LogP contribution in [0.3, 0.4) is 0 Å². The standard InChI is InChI=1S/C13H12Cl2O4/c1-2-18-13(17)8-19-12(16)6-4-9-3-5-10(14)11(15)7-9/h3-7H,2,8H2,1H3/b6-4+. The minimum Gasteiger partial charge on any atom is -0.463 e. The molecule has 0 bridgehead atoms. The zero-order valence-electron chi connectivity index (χ0n) is 10.2.